The van der Waals surface area contributed by atoms with Crippen molar-refractivity contribution in [3.8, 4) is 22.6 Å². The Bertz CT molecular complexity index is 1190. The summed E-state index contributed by atoms with van der Waals surface area (Å²) >= 11 is 0. The first-order valence-corrected chi connectivity index (χ1v) is 12.7. The maximum atomic E-state index is 14.3. The summed E-state index contributed by atoms with van der Waals surface area (Å²) in [5, 5.41) is 0. The van der Waals surface area contributed by atoms with Gasteiger partial charge in [0.2, 0.25) is 11.6 Å². The monoisotopic (exact) mass is 490 g/mol. The van der Waals surface area contributed by atoms with E-state index in [9.17, 15) is 13.6 Å². The summed E-state index contributed by atoms with van der Waals surface area (Å²) in [6.07, 6.45) is 10.6. The molecule has 1 fully saturated rings. The molecule has 3 nitrogen and oxygen atoms in total. The quantitative estimate of drug-likeness (QED) is 0.180. The molecule has 36 heavy (non-hydrogen) atoms. The lowest BCUT2D eigenvalue weighted by atomic mass is 9.77. The third-order valence-corrected chi connectivity index (χ3v) is 6.92. The van der Waals surface area contributed by atoms with Crippen LogP contribution < -0.4 is 9.47 Å². The van der Waals surface area contributed by atoms with Crippen LogP contribution >= 0.6 is 0 Å². The summed E-state index contributed by atoms with van der Waals surface area (Å²) in [5.74, 6) is -2.51. The second-order valence-electron chi connectivity index (χ2n) is 9.37. The lowest BCUT2D eigenvalue weighted by Gasteiger charge is -2.28. The Morgan fingerprint density at radius 2 is 1.44 bits per heavy atom. The zero-order chi connectivity index (χ0) is 25.5. The minimum Gasteiger partial charge on any atom is -0.462 e. The number of benzene rings is 3. The third-order valence-electron chi connectivity index (χ3n) is 6.92. The van der Waals surface area contributed by atoms with Gasteiger partial charge in [-0.25, -0.2) is 4.79 Å². The molecule has 3 aromatic carbocycles. The number of allylic oxidation sites excluding steroid dienone is 1. The average Bonchev–Trinajstić information content (AvgIpc) is 2.92. The topological polar surface area (TPSA) is 35.5 Å². The molecule has 0 unspecified atom stereocenters. The molecule has 1 aliphatic carbocycles. The van der Waals surface area contributed by atoms with Gasteiger partial charge < -0.3 is 9.47 Å². The molecule has 0 heterocycles. The standard InChI is InChI=1S/C31H32F2O3/c1-3-5-21-6-8-22(9-7-21)23-10-12-24(13-11-23)25-14-16-26(17-15-25)31(34)36-28-19-18-27(35-20-4-2)29(32)30(28)33/h4,10-22H,3,5-9H2,1-2H3/b20-4+. The molecule has 0 bridgehead atoms. The van der Waals surface area contributed by atoms with Crippen molar-refractivity contribution in [1.29, 1.82) is 0 Å². The van der Waals surface area contributed by atoms with Crippen molar-refractivity contribution >= 4 is 5.97 Å². The lowest BCUT2D eigenvalue weighted by molar-refractivity contribution is 0.0726. The van der Waals surface area contributed by atoms with E-state index in [1.807, 2.05) is 12.1 Å². The summed E-state index contributed by atoms with van der Waals surface area (Å²) in [4.78, 5) is 12.5. The summed E-state index contributed by atoms with van der Waals surface area (Å²) in [7, 11) is 0. The first kappa shape index (κ1) is 25.6. The Morgan fingerprint density at radius 3 is 2.06 bits per heavy atom. The van der Waals surface area contributed by atoms with E-state index in [1.165, 1.54) is 62.5 Å². The second-order valence-corrected chi connectivity index (χ2v) is 9.37. The highest BCUT2D eigenvalue weighted by molar-refractivity contribution is 5.91. The van der Waals surface area contributed by atoms with E-state index in [1.54, 1.807) is 25.1 Å². The Balaban J connectivity index is 1.39. The van der Waals surface area contributed by atoms with Gasteiger partial charge in [-0.15, -0.1) is 0 Å². The van der Waals surface area contributed by atoms with Gasteiger partial charge in [-0.3, -0.25) is 0 Å². The van der Waals surface area contributed by atoms with Gasteiger partial charge in [0.25, 0.3) is 0 Å². The lowest BCUT2D eigenvalue weighted by Crippen LogP contribution is -2.13. The fourth-order valence-corrected chi connectivity index (χ4v) is 4.92. The first-order valence-electron chi connectivity index (χ1n) is 12.7. The average molecular weight is 491 g/mol. The van der Waals surface area contributed by atoms with E-state index in [-0.39, 0.29) is 11.3 Å². The number of halogens is 2. The third kappa shape index (κ3) is 6.01. The van der Waals surface area contributed by atoms with Crippen LogP contribution in [0.5, 0.6) is 11.5 Å². The highest BCUT2D eigenvalue weighted by Crippen LogP contribution is 2.38. The molecule has 4 rings (SSSR count). The second kappa shape index (κ2) is 12.0. The Labute approximate surface area is 211 Å². The van der Waals surface area contributed by atoms with Crippen molar-refractivity contribution in [3.63, 3.8) is 0 Å². The van der Waals surface area contributed by atoms with Gasteiger partial charge in [-0.2, -0.15) is 8.78 Å². The molecule has 1 aliphatic rings. The van der Waals surface area contributed by atoms with Crippen LogP contribution in [0.15, 0.2) is 73.0 Å². The van der Waals surface area contributed by atoms with E-state index in [0.717, 1.165) is 17.0 Å². The van der Waals surface area contributed by atoms with Crippen molar-refractivity contribution < 1.29 is 23.0 Å². The number of carbonyl (C=O) groups excluding carboxylic acids is 1. The minimum atomic E-state index is -1.28. The Morgan fingerprint density at radius 1 is 0.861 bits per heavy atom. The minimum absolute atomic E-state index is 0.244. The van der Waals surface area contributed by atoms with Crippen LogP contribution in [0.25, 0.3) is 11.1 Å². The molecule has 0 atom stereocenters. The SMILES string of the molecule is C/C=C/Oc1ccc(OC(=O)c2ccc(-c3ccc(C4CCC(CCC)CC4)cc3)cc2)c(F)c1F. The highest BCUT2D eigenvalue weighted by Gasteiger charge is 2.22. The normalized spacial score (nSPS) is 17.8. The fraction of sp³-hybridized carbons (Fsp3) is 0.323. The van der Waals surface area contributed by atoms with E-state index >= 15 is 0 Å². The number of hydrogen-bond donors (Lipinski definition) is 0. The molecular formula is C31H32F2O3. The maximum absolute atomic E-state index is 14.3. The molecule has 0 amide bonds. The molecule has 0 saturated heterocycles. The van der Waals surface area contributed by atoms with Gasteiger partial charge in [0.05, 0.1) is 11.8 Å². The van der Waals surface area contributed by atoms with E-state index in [0.29, 0.717) is 5.92 Å². The highest BCUT2D eigenvalue weighted by atomic mass is 19.2. The van der Waals surface area contributed by atoms with E-state index in [4.69, 9.17) is 9.47 Å². The summed E-state index contributed by atoms with van der Waals surface area (Å²) in [6, 6.07) is 17.9. The van der Waals surface area contributed by atoms with Crippen LogP contribution in [0.1, 0.15) is 74.2 Å². The van der Waals surface area contributed by atoms with Gasteiger partial charge in [-0.1, -0.05) is 62.2 Å². The summed E-state index contributed by atoms with van der Waals surface area (Å²) in [5.41, 5.74) is 3.66. The summed E-state index contributed by atoms with van der Waals surface area (Å²) < 4.78 is 38.5. The number of esters is 1. The van der Waals surface area contributed by atoms with Crippen molar-refractivity contribution in [2.75, 3.05) is 0 Å². The molecule has 0 aromatic heterocycles. The van der Waals surface area contributed by atoms with Crippen LogP contribution in [0.3, 0.4) is 0 Å². The van der Waals surface area contributed by atoms with Gasteiger partial charge >= 0.3 is 5.97 Å². The number of ether oxygens (including phenoxy) is 2. The van der Waals surface area contributed by atoms with Crippen molar-refractivity contribution in [3.05, 3.63) is 95.8 Å². The van der Waals surface area contributed by atoms with Crippen LogP contribution in [-0.2, 0) is 0 Å². The smallest absolute Gasteiger partial charge is 0.343 e. The first-order chi connectivity index (χ1) is 17.5. The van der Waals surface area contributed by atoms with Gasteiger partial charge in [0.1, 0.15) is 0 Å². The molecular weight excluding hydrogens is 458 g/mol. The largest absolute Gasteiger partial charge is 0.462 e. The molecule has 1 saturated carbocycles. The Hall–Kier alpha value is -3.47. The maximum Gasteiger partial charge on any atom is 0.343 e. The van der Waals surface area contributed by atoms with E-state index < -0.39 is 23.4 Å². The van der Waals surface area contributed by atoms with Crippen LogP contribution in [-0.4, -0.2) is 5.97 Å². The van der Waals surface area contributed by atoms with Gasteiger partial charge in [0, 0.05) is 0 Å². The van der Waals surface area contributed by atoms with Gasteiger partial charge in [0.15, 0.2) is 11.5 Å². The van der Waals surface area contributed by atoms with Crippen LogP contribution in [0, 0.1) is 17.6 Å². The van der Waals surface area contributed by atoms with Crippen LogP contribution in [0.4, 0.5) is 8.78 Å². The van der Waals surface area contributed by atoms with Gasteiger partial charge in [-0.05, 0) is 85.4 Å². The fourth-order valence-electron chi connectivity index (χ4n) is 4.92. The molecule has 0 spiro atoms. The number of carbonyl (C=O) groups is 1. The zero-order valence-corrected chi connectivity index (χ0v) is 20.8. The molecule has 3 aromatic rings. The molecule has 0 aliphatic heterocycles. The molecule has 188 valence electrons. The van der Waals surface area contributed by atoms with Crippen molar-refractivity contribution in [1.82, 2.24) is 0 Å². The van der Waals surface area contributed by atoms with Crippen molar-refractivity contribution in [2.45, 2.75) is 58.3 Å². The number of rotatable bonds is 8. The zero-order valence-electron chi connectivity index (χ0n) is 20.8. The molecule has 0 radical (unpaired) electrons. The predicted molar refractivity (Wildman–Crippen MR) is 138 cm³/mol. The van der Waals surface area contributed by atoms with Crippen LogP contribution in [0.2, 0.25) is 0 Å². The summed E-state index contributed by atoms with van der Waals surface area (Å²) in [6.45, 7) is 3.95. The van der Waals surface area contributed by atoms with E-state index in [2.05, 4.69) is 31.2 Å². The number of hydrogen-bond acceptors (Lipinski definition) is 3. The van der Waals surface area contributed by atoms with Crippen molar-refractivity contribution in [2.24, 2.45) is 5.92 Å². The Kier molecular flexibility index (Phi) is 8.52. The molecule has 5 heteroatoms. The predicted octanol–water partition coefficient (Wildman–Crippen LogP) is 8.84. The molecule has 0 N–H and O–H groups in total.